The molecule has 0 radical (unpaired) electrons. The Balaban J connectivity index is 1.90. The lowest BCUT2D eigenvalue weighted by atomic mass is 9.85. The minimum absolute atomic E-state index is 0.340. The van der Waals surface area contributed by atoms with Crippen LogP contribution in [0.25, 0.3) is 0 Å². The molecule has 0 saturated carbocycles. The lowest BCUT2D eigenvalue weighted by Crippen LogP contribution is -2.34. The highest BCUT2D eigenvalue weighted by molar-refractivity contribution is 5.40. The van der Waals surface area contributed by atoms with Gasteiger partial charge in [-0.2, -0.15) is 0 Å². The van der Waals surface area contributed by atoms with E-state index in [9.17, 15) is 0 Å². The van der Waals surface area contributed by atoms with E-state index in [1.54, 1.807) is 0 Å². The molecule has 112 valence electrons. The molecule has 2 heteroatoms. The molecule has 1 atom stereocenters. The van der Waals surface area contributed by atoms with Crippen LogP contribution >= 0.6 is 0 Å². The van der Waals surface area contributed by atoms with E-state index in [1.807, 2.05) is 0 Å². The normalized spacial score (nSPS) is 18.2. The second-order valence-electron chi connectivity index (χ2n) is 7.27. The van der Waals surface area contributed by atoms with Crippen LogP contribution in [0.2, 0.25) is 0 Å². The van der Waals surface area contributed by atoms with Gasteiger partial charge in [-0.15, -0.1) is 0 Å². The third-order valence-corrected chi connectivity index (χ3v) is 4.04. The summed E-state index contributed by atoms with van der Waals surface area (Å²) >= 11 is 0. The minimum Gasteiger partial charge on any atom is -0.490 e. The maximum atomic E-state index is 5.76. The van der Waals surface area contributed by atoms with Crippen LogP contribution in [-0.2, 0) is 12.8 Å². The van der Waals surface area contributed by atoms with Crippen LogP contribution in [0.3, 0.4) is 0 Å². The van der Waals surface area contributed by atoms with Crippen molar-refractivity contribution in [3.63, 3.8) is 0 Å². The Morgan fingerprint density at radius 2 is 2.10 bits per heavy atom. The van der Waals surface area contributed by atoms with Crippen molar-refractivity contribution in [1.82, 2.24) is 5.32 Å². The molecule has 0 amide bonds. The zero-order valence-electron chi connectivity index (χ0n) is 13.6. The van der Waals surface area contributed by atoms with Crippen LogP contribution in [0.4, 0.5) is 0 Å². The van der Waals surface area contributed by atoms with Gasteiger partial charge in [0.15, 0.2) is 0 Å². The van der Waals surface area contributed by atoms with E-state index in [0.29, 0.717) is 17.6 Å². The number of nitrogens with one attached hydrogen (secondary N) is 1. The topological polar surface area (TPSA) is 21.3 Å². The monoisotopic (exact) mass is 275 g/mol. The number of hydrogen-bond donors (Lipinski definition) is 1. The summed E-state index contributed by atoms with van der Waals surface area (Å²) in [7, 11) is 0. The van der Waals surface area contributed by atoms with Gasteiger partial charge in [-0.25, -0.2) is 0 Å². The van der Waals surface area contributed by atoms with Gasteiger partial charge in [-0.1, -0.05) is 39.8 Å². The summed E-state index contributed by atoms with van der Waals surface area (Å²) in [5, 5.41) is 3.55. The van der Waals surface area contributed by atoms with E-state index >= 15 is 0 Å². The summed E-state index contributed by atoms with van der Waals surface area (Å²) in [6.45, 7) is 12.3. The van der Waals surface area contributed by atoms with Gasteiger partial charge in [0.2, 0.25) is 0 Å². The molecular weight excluding hydrogens is 246 g/mol. The van der Waals surface area contributed by atoms with Crippen molar-refractivity contribution in [1.29, 1.82) is 0 Å². The molecule has 0 saturated heterocycles. The Hall–Kier alpha value is -1.02. The predicted molar refractivity (Wildman–Crippen MR) is 85.5 cm³/mol. The molecule has 1 aliphatic heterocycles. The Kier molecular flexibility index (Phi) is 4.74. The molecule has 0 fully saturated rings. The maximum Gasteiger partial charge on any atom is 0.123 e. The first-order chi connectivity index (χ1) is 9.35. The number of rotatable bonds is 6. The molecule has 0 aliphatic carbocycles. The lowest BCUT2D eigenvalue weighted by Gasteiger charge is -2.26. The van der Waals surface area contributed by atoms with Crippen LogP contribution in [0.15, 0.2) is 18.2 Å². The first-order valence-electron chi connectivity index (χ1n) is 7.87. The van der Waals surface area contributed by atoms with E-state index in [4.69, 9.17) is 4.74 Å². The number of aryl methyl sites for hydroxylation is 1. The maximum absolute atomic E-state index is 5.76. The molecule has 2 rings (SSSR count). The first kappa shape index (κ1) is 15.4. The lowest BCUT2D eigenvalue weighted by molar-refractivity contribution is 0.254. The second kappa shape index (κ2) is 6.17. The van der Waals surface area contributed by atoms with Crippen LogP contribution in [0.5, 0.6) is 5.75 Å². The molecule has 1 N–H and O–H groups in total. The van der Waals surface area contributed by atoms with Crippen molar-refractivity contribution < 1.29 is 4.74 Å². The Morgan fingerprint density at radius 1 is 1.35 bits per heavy atom. The van der Waals surface area contributed by atoms with Gasteiger partial charge in [0.1, 0.15) is 11.9 Å². The third kappa shape index (κ3) is 4.24. The minimum atomic E-state index is 0.340. The van der Waals surface area contributed by atoms with Gasteiger partial charge >= 0.3 is 0 Å². The average Bonchev–Trinajstić information content (AvgIpc) is 2.73. The van der Waals surface area contributed by atoms with Gasteiger partial charge in [0.05, 0.1) is 0 Å². The molecule has 0 bridgehead atoms. The van der Waals surface area contributed by atoms with Crippen molar-refractivity contribution in [2.24, 2.45) is 5.41 Å². The van der Waals surface area contributed by atoms with Crippen molar-refractivity contribution in [3.05, 3.63) is 29.3 Å². The molecule has 1 aromatic rings. The second-order valence-corrected chi connectivity index (χ2v) is 7.27. The van der Waals surface area contributed by atoms with Crippen molar-refractivity contribution >= 4 is 0 Å². The van der Waals surface area contributed by atoms with Gasteiger partial charge in [-0.05, 0) is 42.4 Å². The summed E-state index contributed by atoms with van der Waals surface area (Å²) in [6.07, 6.45) is 3.75. The molecule has 20 heavy (non-hydrogen) atoms. The van der Waals surface area contributed by atoms with Crippen LogP contribution in [0.1, 0.15) is 52.2 Å². The number of benzene rings is 1. The molecule has 1 heterocycles. The smallest absolute Gasteiger partial charge is 0.123 e. The number of ether oxygens (including phenoxy) is 1. The van der Waals surface area contributed by atoms with Gasteiger partial charge in [-0.3, -0.25) is 0 Å². The fraction of sp³-hybridized carbons (Fsp3) is 0.667. The molecule has 0 spiro atoms. The third-order valence-electron chi connectivity index (χ3n) is 4.04. The van der Waals surface area contributed by atoms with E-state index < -0.39 is 0 Å². The quantitative estimate of drug-likeness (QED) is 0.848. The van der Waals surface area contributed by atoms with E-state index in [0.717, 1.165) is 25.1 Å². The summed E-state index contributed by atoms with van der Waals surface area (Å²) in [5.74, 6) is 1.09. The standard InChI is InChI=1S/C18H29NO/c1-13(2)19-12-18(4,5)9-8-15-6-7-17-16(11-15)10-14(3)20-17/h6-7,11,13-14,19H,8-10,12H2,1-5H3. The van der Waals surface area contributed by atoms with Gasteiger partial charge in [0, 0.05) is 19.0 Å². The molecule has 1 unspecified atom stereocenters. The summed E-state index contributed by atoms with van der Waals surface area (Å²) in [4.78, 5) is 0. The zero-order chi connectivity index (χ0) is 14.8. The Labute approximate surface area is 123 Å². The SMILES string of the molecule is CC(C)NCC(C)(C)CCc1ccc2c(c1)CC(C)O2. The molecule has 2 nitrogen and oxygen atoms in total. The van der Waals surface area contributed by atoms with Crippen molar-refractivity contribution in [2.75, 3.05) is 6.54 Å². The largest absolute Gasteiger partial charge is 0.490 e. The summed E-state index contributed by atoms with van der Waals surface area (Å²) in [6, 6.07) is 7.27. The molecule has 1 aliphatic rings. The van der Waals surface area contributed by atoms with E-state index in [1.165, 1.54) is 17.5 Å². The molecule has 0 aromatic heterocycles. The molecule has 1 aromatic carbocycles. The predicted octanol–water partition coefficient (Wildman–Crippen LogP) is 3.97. The Bertz CT molecular complexity index is 451. The highest BCUT2D eigenvalue weighted by atomic mass is 16.5. The fourth-order valence-corrected chi connectivity index (χ4v) is 2.68. The highest BCUT2D eigenvalue weighted by Gasteiger charge is 2.21. The molecular formula is C18H29NO. The van der Waals surface area contributed by atoms with Crippen LogP contribution in [-0.4, -0.2) is 18.7 Å². The van der Waals surface area contributed by atoms with Gasteiger partial charge < -0.3 is 10.1 Å². The van der Waals surface area contributed by atoms with Crippen LogP contribution in [0, 0.1) is 5.41 Å². The van der Waals surface area contributed by atoms with Crippen molar-refractivity contribution in [3.8, 4) is 5.75 Å². The van der Waals surface area contributed by atoms with E-state index in [-0.39, 0.29) is 0 Å². The summed E-state index contributed by atoms with van der Waals surface area (Å²) < 4.78 is 5.76. The zero-order valence-corrected chi connectivity index (χ0v) is 13.6. The fourth-order valence-electron chi connectivity index (χ4n) is 2.68. The van der Waals surface area contributed by atoms with E-state index in [2.05, 4.69) is 58.1 Å². The Morgan fingerprint density at radius 3 is 2.80 bits per heavy atom. The van der Waals surface area contributed by atoms with Gasteiger partial charge in [0.25, 0.3) is 0 Å². The highest BCUT2D eigenvalue weighted by Crippen LogP contribution is 2.30. The average molecular weight is 275 g/mol. The van der Waals surface area contributed by atoms with Crippen LogP contribution < -0.4 is 10.1 Å². The number of hydrogen-bond acceptors (Lipinski definition) is 2. The first-order valence-corrected chi connectivity index (χ1v) is 7.87. The summed E-state index contributed by atoms with van der Waals surface area (Å²) in [5.41, 5.74) is 3.17. The van der Waals surface area contributed by atoms with Crippen molar-refractivity contribution in [2.45, 2.75) is 66.0 Å². The number of fused-ring (bicyclic) bond motifs is 1.